The second kappa shape index (κ2) is 8.02. The van der Waals surface area contributed by atoms with Crippen molar-refractivity contribution in [2.24, 2.45) is 0 Å². The first-order valence-corrected chi connectivity index (χ1v) is 10.1. The van der Waals surface area contributed by atoms with Gasteiger partial charge in [0.1, 0.15) is 11.4 Å². The quantitative estimate of drug-likeness (QED) is 0.884. The highest BCUT2D eigenvalue weighted by atomic mass is 19.1. The molecule has 28 heavy (non-hydrogen) atoms. The molecule has 2 aromatic carbocycles. The molecule has 2 fully saturated rings. The molecular weight excluding hydrogens is 355 g/mol. The standard InChI is InChI=1S/C23H27FN2O2/c24-20-11-5-4-8-18(20)16-22(27)26-15-12-23(28,19-9-2-1-3-10-19)21(17-26)25-13-6-7-14-25/h1-5,8-11,21,28H,6-7,12-17H2/t21-,23+/m1/s1. The summed E-state index contributed by atoms with van der Waals surface area (Å²) in [5.74, 6) is -0.422. The number of rotatable bonds is 4. The fraction of sp³-hybridized carbons (Fsp3) is 0.435. The lowest BCUT2D eigenvalue weighted by atomic mass is 9.79. The molecule has 2 heterocycles. The fourth-order valence-corrected chi connectivity index (χ4v) is 4.60. The van der Waals surface area contributed by atoms with Gasteiger partial charge in [-0.3, -0.25) is 9.69 Å². The Kier molecular flexibility index (Phi) is 5.47. The molecule has 4 rings (SSSR count). The van der Waals surface area contributed by atoms with E-state index in [1.165, 1.54) is 6.07 Å². The second-order valence-electron chi connectivity index (χ2n) is 7.91. The van der Waals surface area contributed by atoms with Gasteiger partial charge in [-0.2, -0.15) is 0 Å². The predicted molar refractivity (Wildman–Crippen MR) is 106 cm³/mol. The predicted octanol–water partition coefficient (Wildman–Crippen LogP) is 2.95. The maximum atomic E-state index is 14.0. The van der Waals surface area contributed by atoms with E-state index in [-0.39, 0.29) is 24.2 Å². The monoisotopic (exact) mass is 382 g/mol. The Labute approximate surface area is 165 Å². The Hall–Kier alpha value is -2.24. The molecule has 0 saturated carbocycles. The SMILES string of the molecule is O=C(Cc1ccccc1F)N1CC[C@](O)(c2ccccc2)[C@H](N2CCCC2)C1. The fourth-order valence-electron chi connectivity index (χ4n) is 4.60. The minimum Gasteiger partial charge on any atom is -0.383 e. The van der Waals surface area contributed by atoms with Crippen molar-refractivity contribution in [1.29, 1.82) is 0 Å². The number of benzene rings is 2. The van der Waals surface area contributed by atoms with Crippen LogP contribution >= 0.6 is 0 Å². The Morgan fingerprint density at radius 2 is 1.71 bits per heavy atom. The van der Waals surface area contributed by atoms with Gasteiger partial charge in [0.15, 0.2) is 0 Å². The van der Waals surface area contributed by atoms with Gasteiger partial charge in [-0.1, -0.05) is 48.5 Å². The number of amides is 1. The van der Waals surface area contributed by atoms with Crippen molar-refractivity contribution < 1.29 is 14.3 Å². The number of piperidine rings is 1. The zero-order valence-electron chi connectivity index (χ0n) is 16.1. The summed E-state index contributed by atoms with van der Waals surface area (Å²) in [4.78, 5) is 17.0. The van der Waals surface area contributed by atoms with Crippen molar-refractivity contribution in [2.75, 3.05) is 26.2 Å². The van der Waals surface area contributed by atoms with E-state index >= 15 is 0 Å². The van der Waals surface area contributed by atoms with Crippen LogP contribution in [0.25, 0.3) is 0 Å². The van der Waals surface area contributed by atoms with Gasteiger partial charge in [-0.15, -0.1) is 0 Å². The third-order valence-electron chi connectivity index (χ3n) is 6.21. The number of likely N-dealkylation sites (tertiary alicyclic amines) is 2. The zero-order valence-corrected chi connectivity index (χ0v) is 16.1. The summed E-state index contributed by atoms with van der Waals surface area (Å²) in [6, 6.07) is 16.1. The van der Waals surface area contributed by atoms with Crippen LogP contribution in [0.3, 0.4) is 0 Å². The molecule has 0 spiro atoms. The van der Waals surface area contributed by atoms with Crippen molar-refractivity contribution in [3.63, 3.8) is 0 Å². The number of aliphatic hydroxyl groups is 1. The molecular formula is C23H27FN2O2. The lowest BCUT2D eigenvalue weighted by molar-refractivity contribution is -0.142. The van der Waals surface area contributed by atoms with Crippen LogP contribution in [0.4, 0.5) is 4.39 Å². The Balaban J connectivity index is 1.55. The van der Waals surface area contributed by atoms with Gasteiger partial charge in [-0.05, 0) is 49.5 Å². The lowest BCUT2D eigenvalue weighted by Crippen LogP contribution is -2.61. The maximum absolute atomic E-state index is 14.0. The first-order chi connectivity index (χ1) is 13.6. The van der Waals surface area contributed by atoms with Crippen LogP contribution in [-0.4, -0.2) is 53.0 Å². The van der Waals surface area contributed by atoms with E-state index in [1.807, 2.05) is 30.3 Å². The largest absolute Gasteiger partial charge is 0.383 e. The maximum Gasteiger partial charge on any atom is 0.227 e. The van der Waals surface area contributed by atoms with Crippen molar-refractivity contribution >= 4 is 5.91 Å². The number of nitrogens with zero attached hydrogens (tertiary/aromatic N) is 2. The molecule has 5 heteroatoms. The average Bonchev–Trinajstić information content (AvgIpc) is 3.25. The van der Waals surface area contributed by atoms with Crippen LogP contribution in [0.2, 0.25) is 0 Å². The molecule has 2 saturated heterocycles. The minimum atomic E-state index is -0.972. The molecule has 1 amide bonds. The van der Waals surface area contributed by atoms with Gasteiger partial charge < -0.3 is 10.0 Å². The number of hydrogen-bond acceptors (Lipinski definition) is 3. The average molecular weight is 382 g/mol. The summed E-state index contributed by atoms with van der Waals surface area (Å²) in [5.41, 5.74) is 0.364. The van der Waals surface area contributed by atoms with E-state index in [9.17, 15) is 14.3 Å². The molecule has 2 aliphatic heterocycles. The van der Waals surface area contributed by atoms with Crippen LogP contribution in [0.1, 0.15) is 30.4 Å². The summed E-state index contributed by atoms with van der Waals surface area (Å²) in [7, 11) is 0. The highest BCUT2D eigenvalue weighted by molar-refractivity contribution is 5.79. The molecule has 2 atom stereocenters. The molecule has 2 aliphatic rings. The molecule has 1 N–H and O–H groups in total. The van der Waals surface area contributed by atoms with E-state index in [1.54, 1.807) is 23.1 Å². The summed E-state index contributed by atoms with van der Waals surface area (Å²) in [6.45, 7) is 2.83. The highest BCUT2D eigenvalue weighted by Crippen LogP contribution is 2.37. The number of carbonyl (C=O) groups excluding carboxylic acids is 1. The number of hydrogen-bond donors (Lipinski definition) is 1. The zero-order chi connectivity index (χ0) is 19.6. The van der Waals surface area contributed by atoms with Crippen molar-refractivity contribution in [3.05, 3.63) is 71.5 Å². The van der Waals surface area contributed by atoms with Crippen molar-refractivity contribution in [3.8, 4) is 0 Å². The van der Waals surface area contributed by atoms with Gasteiger partial charge in [0.2, 0.25) is 5.91 Å². The van der Waals surface area contributed by atoms with Crippen LogP contribution < -0.4 is 0 Å². The number of carbonyl (C=O) groups is 1. The molecule has 0 bridgehead atoms. The molecule has 148 valence electrons. The van der Waals surface area contributed by atoms with E-state index in [0.29, 0.717) is 25.1 Å². The lowest BCUT2D eigenvalue weighted by Gasteiger charge is -2.48. The third kappa shape index (κ3) is 3.69. The first-order valence-electron chi connectivity index (χ1n) is 10.1. The van der Waals surface area contributed by atoms with Crippen LogP contribution in [0.5, 0.6) is 0 Å². The van der Waals surface area contributed by atoms with Crippen LogP contribution in [0.15, 0.2) is 54.6 Å². The molecule has 0 radical (unpaired) electrons. The Bertz CT molecular complexity index is 822. The van der Waals surface area contributed by atoms with E-state index < -0.39 is 5.60 Å². The summed E-state index contributed by atoms with van der Waals surface area (Å²) >= 11 is 0. The van der Waals surface area contributed by atoms with Gasteiger partial charge in [-0.25, -0.2) is 4.39 Å². The normalized spacial score (nSPS) is 25.8. The molecule has 4 nitrogen and oxygen atoms in total. The Morgan fingerprint density at radius 1 is 1.04 bits per heavy atom. The van der Waals surface area contributed by atoms with E-state index in [2.05, 4.69) is 4.90 Å². The third-order valence-corrected chi connectivity index (χ3v) is 6.21. The number of halogens is 1. The van der Waals surface area contributed by atoms with Crippen LogP contribution in [0, 0.1) is 5.82 Å². The summed E-state index contributed by atoms with van der Waals surface area (Å²) in [6.07, 6.45) is 2.78. The molecule has 0 aromatic heterocycles. The van der Waals surface area contributed by atoms with Gasteiger partial charge in [0.25, 0.3) is 0 Å². The van der Waals surface area contributed by atoms with Crippen molar-refractivity contribution in [1.82, 2.24) is 9.80 Å². The summed E-state index contributed by atoms with van der Waals surface area (Å²) in [5, 5.41) is 11.7. The summed E-state index contributed by atoms with van der Waals surface area (Å²) < 4.78 is 14.0. The van der Waals surface area contributed by atoms with Gasteiger partial charge >= 0.3 is 0 Å². The highest BCUT2D eigenvalue weighted by Gasteiger charge is 2.47. The molecule has 0 aliphatic carbocycles. The minimum absolute atomic E-state index is 0.0587. The molecule has 2 aromatic rings. The Morgan fingerprint density at radius 3 is 2.43 bits per heavy atom. The molecule has 0 unspecified atom stereocenters. The van der Waals surface area contributed by atoms with E-state index in [4.69, 9.17) is 0 Å². The smallest absolute Gasteiger partial charge is 0.227 e. The van der Waals surface area contributed by atoms with Crippen LogP contribution in [-0.2, 0) is 16.8 Å². The first kappa shape index (κ1) is 19.1. The van der Waals surface area contributed by atoms with Crippen molar-refractivity contribution in [2.45, 2.75) is 37.3 Å². The van der Waals surface area contributed by atoms with Gasteiger partial charge in [0, 0.05) is 13.1 Å². The van der Waals surface area contributed by atoms with Gasteiger partial charge in [0.05, 0.1) is 12.5 Å². The topological polar surface area (TPSA) is 43.8 Å². The second-order valence-corrected chi connectivity index (χ2v) is 7.91. The van der Waals surface area contributed by atoms with E-state index in [0.717, 1.165) is 31.5 Å².